The summed E-state index contributed by atoms with van der Waals surface area (Å²) >= 11 is 9.00. The van der Waals surface area contributed by atoms with Gasteiger partial charge in [-0.1, -0.05) is 17.7 Å². The van der Waals surface area contributed by atoms with E-state index in [0.29, 0.717) is 9.76 Å². The monoisotopic (exact) mass is 257 g/mol. The second kappa shape index (κ2) is 3.47. The topological polar surface area (TPSA) is 30.7 Å². The second-order valence-electron chi connectivity index (χ2n) is 2.44. The van der Waals surface area contributed by atoms with E-state index in [1.54, 1.807) is 11.0 Å². The van der Waals surface area contributed by atoms with Crippen molar-refractivity contribution in [3.05, 3.63) is 40.3 Å². The van der Waals surface area contributed by atoms with Gasteiger partial charge in [0, 0.05) is 5.02 Å². The van der Waals surface area contributed by atoms with Gasteiger partial charge in [-0.3, -0.25) is 0 Å². The van der Waals surface area contributed by atoms with E-state index in [1.165, 1.54) is 0 Å². The van der Waals surface area contributed by atoms with Gasteiger partial charge in [0.25, 0.3) is 0 Å². The summed E-state index contributed by atoms with van der Waals surface area (Å²) < 4.78 is 2.21. The lowest BCUT2D eigenvalue weighted by Crippen LogP contribution is -1.93. The van der Waals surface area contributed by atoms with Crippen molar-refractivity contribution in [3.8, 4) is 5.69 Å². The number of nitrogens with zero attached hydrogens (tertiary/aromatic N) is 3. The Morgan fingerprint density at radius 1 is 1.38 bits per heavy atom. The van der Waals surface area contributed by atoms with Crippen LogP contribution < -0.4 is 0 Å². The molecule has 1 aromatic heterocycles. The molecule has 0 amide bonds. The predicted molar refractivity (Wildman–Crippen MR) is 54.1 cm³/mol. The molecule has 0 saturated carbocycles. The normalized spacial score (nSPS) is 10.3. The molecule has 0 aliphatic rings. The third-order valence-corrected chi connectivity index (χ3v) is 2.14. The van der Waals surface area contributed by atoms with Crippen molar-refractivity contribution >= 4 is 27.5 Å². The van der Waals surface area contributed by atoms with Gasteiger partial charge in [0.2, 0.25) is 4.73 Å². The molecule has 2 aromatic rings. The molecule has 0 aliphatic carbocycles. The Morgan fingerprint density at radius 2 is 2.23 bits per heavy atom. The van der Waals surface area contributed by atoms with Crippen LogP contribution in [0.25, 0.3) is 5.69 Å². The fourth-order valence-electron chi connectivity index (χ4n) is 0.986. The van der Waals surface area contributed by atoms with Crippen LogP contribution in [0, 0.1) is 0 Å². The molecule has 0 saturated heterocycles. The maximum absolute atomic E-state index is 5.83. The van der Waals surface area contributed by atoms with E-state index in [0.717, 1.165) is 5.69 Å². The van der Waals surface area contributed by atoms with Crippen molar-refractivity contribution in [1.29, 1.82) is 0 Å². The molecule has 0 unspecified atom stereocenters. The highest BCUT2D eigenvalue weighted by Gasteiger charge is 1.99. The molecule has 1 aromatic carbocycles. The fourth-order valence-corrected chi connectivity index (χ4v) is 1.43. The van der Waals surface area contributed by atoms with E-state index in [1.807, 2.05) is 24.3 Å². The standard InChI is InChI=1S/C8H5BrClN3/c9-8-11-5-13(12-8)7-3-1-2-6(10)4-7/h1-5H. The van der Waals surface area contributed by atoms with Gasteiger partial charge >= 0.3 is 0 Å². The van der Waals surface area contributed by atoms with Crippen LogP contribution in [0.1, 0.15) is 0 Å². The van der Waals surface area contributed by atoms with Crippen LogP contribution in [0.2, 0.25) is 5.02 Å². The van der Waals surface area contributed by atoms with Crippen LogP contribution in [0.5, 0.6) is 0 Å². The zero-order valence-electron chi connectivity index (χ0n) is 6.48. The van der Waals surface area contributed by atoms with Crippen LogP contribution in [0.3, 0.4) is 0 Å². The van der Waals surface area contributed by atoms with Crippen molar-refractivity contribution in [1.82, 2.24) is 14.8 Å². The predicted octanol–water partition coefficient (Wildman–Crippen LogP) is 2.68. The lowest BCUT2D eigenvalue weighted by Gasteiger charge is -1.98. The highest BCUT2D eigenvalue weighted by Crippen LogP contribution is 2.14. The molecular formula is C8H5BrClN3. The van der Waals surface area contributed by atoms with Gasteiger partial charge in [0.05, 0.1) is 5.69 Å². The fraction of sp³-hybridized carbons (Fsp3) is 0. The van der Waals surface area contributed by atoms with Crippen molar-refractivity contribution in [2.75, 3.05) is 0 Å². The second-order valence-corrected chi connectivity index (χ2v) is 3.58. The van der Waals surface area contributed by atoms with Gasteiger partial charge in [-0.15, -0.1) is 5.10 Å². The molecule has 0 bridgehead atoms. The first-order valence-corrected chi connectivity index (χ1v) is 4.76. The first kappa shape index (κ1) is 8.72. The average Bonchev–Trinajstić information content (AvgIpc) is 2.52. The van der Waals surface area contributed by atoms with Crippen LogP contribution in [-0.2, 0) is 0 Å². The summed E-state index contributed by atoms with van der Waals surface area (Å²) in [5.41, 5.74) is 0.894. The third-order valence-electron chi connectivity index (χ3n) is 1.54. The SMILES string of the molecule is Clc1cccc(-n2cnc(Br)n2)c1. The number of halogens is 2. The molecule has 0 N–H and O–H groups in total. The Hall–Kier alpha value is -0.870. The lowest BCUT2D eigenvalue weighted by molar-refractivity contribution is 0.870. The minimum absolute atomic E-state index is 0.562. The molecule has 0 aliphatic heterocycles. The highest BCUT2D eigenvalue weighted by atomic mass is 79.9. The van der Waals surface area contributed by atoms with Crippen molar-refractivity contribution in [2.24, 2.45) is 0 Å². The van der Waals surface area contributed by atoms with Crippen LogP contribution in [0.15, 0.2) is 35.3 Å². The Labute approximate surface area is 88.5 Å². The summed E-state index contributed by atoms with van der Waals surface area (Å²) in [5, 5.41) is 4.77. The first-order chi connectivity index (χ1) is 6.25. The zero-order valence-corrected chi connectivity index (χ0v) is 8.83. The van der Waals surface area contributed by atoms with E-state index in [2.05, 4.69) is 26.0 Å². The van der Waals surface area contributed by atoms with E-state index < -0.39 is 0 Å². The van der Waals surface area contributed by atoms with Crippen LogP contribution >= 0.6 is 27.5 Å². The molecule has 3 nitrogen and oxygen atoms in total. The number of hydrogen-bond acceptors (Lipinski definition) is 2. The molecule has 0 radical (unpaired) electrons. The largest absolute Gasteiger partial charge is 0.220 e. The summed E-state index contributed by atoms with van der Waals surface area (Å²) in [7, 11) is 0. The van der Waals surface area contributed by atoms with Crippen LogP contribution in [-0.4, -0.2) is 14.8 Å². The third kappa shape index (κ3) is 1.89. The van der Waals surface area contributed by atoms with E-state index in [-0.39, 0.29) is 0 Å². The van der Waals surface area contributed by atoms with Gasteiger partial charge in [-0.05, 0) is 34.1 Å². The lowest BCUT2D eigenvalue weighted by atomic mass is 10.3. The molecule has 0 fully saturated rings. The Morgan fingerprint density at radius 3 is 2.85 bits per heavy atom. The van der Waals surface area contributed by atoms with Gasteiger partial charge in [-0.25, -0.2) is 9.67 Å². The summed E-state index contributed by atoms with van der Waals surface area (Å²) in [5.74, 6) is 0. The summed E-state index contributed by atoms with van der Waals surface area (Å²) in [4.78, 5) is 3.95. The Balaban J connectivity index is 2.46. The number of aromatic nitrogens is 3. The van der Waals surface area contributed by atoms with Gasteiger partial charge in [0.1, 0.15) is 6.33 Å². The Bertz CT molecular complexity index is 427. The summed E-state index contributed by atoms with van der Waals surface area (Å²) in [6.07, 6.45) is 1.62. The molecule has 5 heteroatoms. The summed E-state index contributed by atoms with van der Waals surface area (Å²) in [6.45, 7) is 0. The average molecular weight is 259 g/mol. The maximum atomic E-state index is 5.83. The minimum Gasteiger partial charge on any atom is -0.220 e. The van der Waals surface area contributed by atoms with Crippen molar-refractivity contribution < 1.29 is 0 Å². The van der Waals surface area contributed by atoms with Crippen molar-refractivity contribution in [2.45, 2.75) is 0 Å². The molecular weight excluding hydrogens is 253 g/mol. The minimum atomic E-state index is 0.562. The van der Waals surface area contributed by atoms with Gasteiger partial charge in [0.15, 0.2) is 0 Å². The smallest absolute Gasteiger partial charge is 0.217 e. The van der Waals surface area contributed by atoms with Crippen LogP contribution in [0.4, 0.5) is 0 Å². The molecule has 0 spiro atoms. The summed E-state index contributed by atoms with van der Waals surface area (Å²) in [6, 6.07) is 7.42. The maximum Gasteiger partial charge on any atom is 0.217 e. The van der Waals surface area contributed by atoms with Gasteiger partial charge < -0.3 is 0 Å². The number of rotatable bonds is 1. The highest BCUT2D eigenvalue weighted by molar-refractivity contribution is 9.10. The number of hydrogen-bond donors (Lipinski definition) is 0. The molecule has 66 valence electrons. The van der Waals surface area contributed by atoms with E-state index >= 15 is 0 Å². The molecule has 2 rings (SSSR count). The molecule has 0 atom stereocenters. The van der Waals surface area contributed by atoms with E-state index in [4.69, 9.17) is 11.6 Å². The van der Waals surface area contributed by atoms with Gasteiger partial charge in [-0.2, -0.15) is 0 Å². The quantitative estimate of drug-likeness (QED) is 0.787. The van der Waals surface area contributed by atoms with Crippen molar-refractivity contribution in [3.63, 3.8) is 0 Å². The molecule has 1 heterocycles. The molecule has 13 heavy (non-hydrogen) atoms. The van der Waals surface area contributed by atoms with E-state index in [9.17, 15) is 0 Å². The first-order valence-electron chi connectivity index (χ1n) is 3.59. The Kier molecular flexibility index (Phi) is 2.33. The number of benzene rings is 1. The zero-order chi connectivity index (χ0) is 9.26.